The molecule has 1 fully saturated rings. The highest BCUT2D eigenvalue weighted by molar-refractivity contribution is 5.85. The molecule has 1 heterocycles. The fraction of sp³-hybridized carbons (Fsp3) is 0.294. The molecule has 1 aliphatic rings. The van der Waals surface area contributed by atoms with Crippen molar-refractivity contribution in [2.24, 2.45) is 0 Å². The average molecular weight is 290 g/mol. The molecule has 0 amide bonds. The lowest BCUT2D eigenvalue weighted by Crippen LogP contribution is -2.17. The minimum atomic E-state index is 0. The van der Waals surface area contributed by atoms with Gasteiger partial charge in [-0.1, -0.05) is 42.5 Å². The van der Waals surface area contributed by atoms with E-state index in [0.29, 0.717) is 12.0 Å². The van der Waals surface area contributed by atoms with E-state index in [0.717, 1.165) is 12.3 Å². The van der Waals surface area contributed by atoms with E-state index in [4.69, 9.17) is 4.74 Å². The molecule has 2 atom stereocenters. The first kappa shape index (κ1) is 14.9. The molecule has 1 saturated heterocycles. The molecule has 1 aliphatic heterocycles. The Balaban J connectivity index is 0.00000147. The van der Waals surface area contributed by atoms with E-state index in [1.54, 1.807) is 7.11 Å². The van der Waals surface area contributed by atoms with Crippen molar-refractivity contribution in [1.82, 2.24) is 5.32 Å². The number of rotatable bonds is 3. The van der Waals surface area contributed by atoms with Crippen LogP contribution in [0.15, 0.2) is 54.6 Å². The van der Waals surface area contributed by atoms with E-state index in [2.05, 4.69) is 53.8 Å². The van der Waals surface area contributed by atoms with Gasteiger partial charge in [-0.05, 0) is 36.2 Å². The number of halogens is 1. The highest BCUT2D eigenvalue weighted by Gasteiger charge is 2.29. The van der Waals surface area contributed by atoms with Gasteiger partial charge in [0.15, 0.2) is 0 Å². The molecule has 0 aliphatic carbocycles. The number of hydrogen-bond acceptors (Lipinski definition) is 2. The van der Waals surface area contributed by atoms with Crippen molar-refractivity contribution in [3.8, 4) is 5.75 Å². The summed E-state index contributed by atoms with van der Waals surface area (Å²) in [4.78, 5) is 0. The van der Waals surface area contributed by atoms with Crippen LogP contribution in [-0.2, 0) is 0 Å². The Kier molecular flexibility index (Phi) is 5.05. The minimum Gasteiger partial charge on any atom is -0.497 e. The summed E-state index contributed by atoms with van der Waals surface area (Å²) >= 11 is 0. The maximum absolute atomic E-state index is 5.33. The Morgan fingerprint density at radius 1 is 1.00 bits per heavy atom. The van der Waals surface area contributed by atoms with Crippen LogP contribution in [0.5, 0.6) is 5.75 Å². The Bertz CT molecular complexity index is 544. The molecule has 3 heteroatoms. The number of hydrogen-bond donors (Lipinski definition) is 1. The zero-order valence-corrected chi connectivity index (χ0v) is 12.4. The SMILES string of the molecule is COc1cccc(C2NCCC2c2ccccc2)c1.Cl. The van der Waals surface area contributed by atoms with E-state index < -0.39 is 0 Å². The van der Waals surface area contributed by atoms with Crippen LogP contribution < -0.4 is 10.1 Å². The van der Waals surface area contributed by atoms with Gasteiger partial charge in [-0.3, -0.25) is 0 Å². The Hall–Kier alpha value is -1.51. The second-order valence-electron chi connectivity index (χ2n) is 5.01. The summed E-state index contributed by atoms with van der Waals surface area (Å²) in [5.41, 5.74) is 2.73. The van der Waals surface area contributed by atoms with Crippen molar-refractivity contribution in [3.63, 3.8) is 0 Å². The summed E-state index contributed by atoms with van der Waals surface area (Å²) < 4.78 is 5.33. The van der Waals surface area contributed by atoms with Gasteiger partial charge in [0, 0.05) is 12.0 Å². The molecule has 106 valence electrons. The predicted octanol–water partition coefficient (Wildman–Crippen LogP) is 3.94. The van der Waals surface area contributed by atoms with Crippen LogP contribution in [0.25, 0.3) is 0 Å². The Labute approximate surface area is 126 Å². The normalized spacial score (nSPS) is 21.2. The van der Waals surface area contributed by atoms with E-state index in [1.807, 2.05) is 6.07 Å². The predicted molar refractivity (Wildman–Crippen MR) is 84.8 cm³/mol. The van der Waals surface area contributed by atoms with Crippen molar-refractivity contribution >= 4 is 12.4 Å². The molecule has 20 heavy (non-hydrogen) atoms. The first-order valence-electron chi connectivity index (χ1n) is 6.81. The molecule has 0 aromatic heterocycles. The van der Waals surface area contributed by atoms with E-state index in [-0.39, 0.29) is 12.4 Å². The third-order valence-electron chi connectivity index (χ3n) is 3.90. The topological polar surface area (TPSA) is 21.3 Å². The Morgan fingerprint density at radius 3 is 2.50 bits per heavy atom. The summed E-state index contributed by atoms with van der Waals surface area (Å²) in [5.74, 6) is 1.48. The number of benzene rings is 2. The zero-order chi connectivity index (χ0) is 13.1. The molecule has 2 unspecified atom stereocenters. The van der Waals surface area contributed by atoms with Crippen LogP contribution in [0.3, 0.4) is 0 Å². The molecule has 0 bridgehead atoms. The van der Waals surface area contributed by atoms with Gasteiger partial charge in [-0.25, -0.2) is 0 Å². The summed E-state index contributed by atoms with van der Waals surface area (Å²) in [5, 5.41) is 3.62. The molecule has 2 aromatic rings. The van der Waals surface area contributed by atoms with Crippen molar-refractivity contribution in [3.05, 3.63) is 65.7 Å². The van der Waals surface area contributed by atoms with Crippen molar-refractivity contribution in [1.29, 1.82) is 0 Å². The van der Waals surface area contributed by atoms with Gasteiger partial charge in [-0.2, -0.15) is 0 Å². The lowest BCUT2D eigenvalue weighted by molar-refractivity contribution is 0.413. The van der Waals surface area contributed by atoms with Crippen LogP contribution >= 0.6 is 12.4 Å². The highest BCUT2D eigenvalue weighted by Crippen LogP contribution is 2.38. The maximum Gasteiger partial charge on any atom is 0.119 e. The summed E-state index contributed by atoms with van der Waals surface area (Å²) in [6.45, 7) is 1.07. The molecule has 2 nitrogen and oxygen atoms in total. The van der Waals surface area contributed by atoms with E-state index in [9.17, 15) is 0 Å². The van der Waals surface area contributed by atoms with Gasteiger partial charge in [-0.15, -0.1) is 12.4 Å². The third kappa shape index (κ3) is 2.97. The average Bonchev–Trinajstić information content (AvgIpc) is 2.98. The maximum atomic E-state index is 5.33. The van der Waals surface area contributed by atoms with Crippen molar-refractivity contribution in [2.45, 2.75) is 18.4 Å². The van der Waals surface area contributed by atoms with Crippen molar-refractivity contribution in [2.75, 3.05) is 13.7 Å². The highest BCUT2D eigenvalue weighted by atomic mass is 35.5. The monoisotopic (exact) mass is 289 g/mol. The molecule has 0 saturated carbocycles. The summed E-state index contributed by atoms with van der Waals surface area (Å²) in [7, 11) is 1.72. The molecular formula is C17H20ClNO. The molecule has 3 rings (SSSR count). The van der Waals surface area contributed by atoms with Crippen molar-refractivity contribution < 1.29 is 4.74 Å². The number of ether oxygens (including phenoxy) is 1. The molecule has 0 spiro atoms. The van der Waals surface area contributed by atoms with Gasteiger partial charge >= 0.3 is 0 Å². The molecular weight excluding hydrogens is 270 g/mol. The second-order valence-corrected chi connectivity index (χ2v) is 5.01. The van der Waals surface area contributed by atoms with Gasteiger partial charge in [0.25, 0.3) is 0 Å². The lowest BCUT2D eigenvalue weighted by Gasteiger charge is -2.21. The smallest absolute Gasteiger partial charge is 0.119 e. The molecule has 2 aromatic carbocycles. The van der Waals surface area contributed by atoms with E-state index in [1.165, 1.54) is 17.5 Å². The first-order chi connectivity index (χ1) is 9.38. The molecule has 1 N–H and O–H groups in total. The molecule has 0 radical (unpaired) electrons. The lowest BCUT2D eigenvalue weighted by atomic mass is 9.88. The zero-order valence-electron chi connectivity index (χ0n) is 11.6. The van der Waals surface area contributed by atoms with Gasteiger partial charge in [0.1, 0.15) is 5.75 Å². The van der Waals surface area contributed by atoms with Crippen LogP contribution in [-0.4, -0.2) is 13.7 Å². The van der Waals surface area contributed by atoms with E-state index >= 15 is 0 Å². The van der Waals surface area contributed by atoms with Gasteiger partial charge in [0.2, 0.25) is 0 Å². The quantitative estimate of drug-likeness (QED) is 0.924. The largest absolute Gasteiger partial charge is 0.497 e. The fourth-order valence-corrected chi connectivity index (χ4v) is 2.95. The van der Waals surface area contributed by atoms with Crippen LogP contribution in [0, 0.1) is 0 Å². The van der Waals surface area contributed by atoms with Crippen LogP contribution in [0.2, 0.25) is 0 Å². The van der Waals surface area contributed by atoms with Gasteiger partial charge < -0.3 is 10.1 Å². The summed E-state index contributed by atoms with van der Waals surface area (Å²) in [6, 6.07) is 19.5. The first-order valence-corrected chi connectivity index (χ1v) is 6.81. The fourth-order valence-electron chi connectivity index (χ4n) is 2.95. The standard InChI is InChI=1S/C17H19NO.ClH/c1-19-15-9-5-8-14(12-15)17-16(10-11-18-17)13-6-3-2-4-7-13;/h2-9,12,16-18H,10-11H2,1H3;1H. The summed E-state index contributed by atoms with van der Waals surface area (Å²) in [6.07, 6.45) is 1.19. The van der Waals surface area contributed by atoms with Gasteiger partial charge in [0.05, 0.1) is 7.11 Å². The second kappa shape index (κ2) is 6.78. The Morgan fingerprint density at radius 2 is 1.75 bits per heavy atom. The third-order valence-corrected chi connectivity index (χ3v) is 3.90. The number of methoxy groups -OCH3 is 1. The number of nitrogens with one attached hydrogen (secondary N) is 1. The van der Waals surface area contributed by atoms with Crippen LogP contribution in [0.4, 0.5) is 0 Å². The minimum absolute atomic E-state index is 0. The van der Waals surface area contributed by atoms with Crippen LogP contribution in [0.1, 0.15) is 29.5 Å².